The molecule has 10 nitrogen and oxygen atoms in total. The molecule has 200 valence electrons. The molecule has 2 aromatic rings. The smallest absolute Gasteiger partial charge is 0.481 e. The second-order valence-electron chi connectivity index (χ2n) is 8.83. The first-order valence-electron chi connectivity index (χ1n) is 10.3. The fraction of sp³-hybridized carbons (Fsp3) is 0.409. The predicted molar refractivity (Wildman–Crippen MR) is 122 cm³/mol. The third-order valence-electron chi connectivity index (χ3n) is 4.24. The number of rotatable bonds is 10. The molecule has 0 fully saturated rings. The van der Waals surface area contributed by atoms with Crippen LogP contribution in [0.1, 0.15) is 28.3 Å². The first kappa shape index (κ1) is 30.6. The maximum Gasteiger partial charge on any atom is 0.490 e. The monoisotopic (exact) mass is 537 g/mol. The summed E-state index contributed by atoms with van der Waals surface area (Å²) in [5, 5.41) is 18.9. The minimum atomic E-state index is -5.08. The number of nitrogens with zero attached hydrogens (tertiary/aromatic N) is 1. The number of hydrogen-bond donors (Lipinski definition) is 3. The van der Waals surface area contributed by atoms with E-state index in [1.54, 1.807) is 24.3 Å². The van der Waals surface area contributed by atoms with Crippen molar-refractivity contribution in [3.05, 3.63) is 59.5 Å². The Balaban J connectivity index is 0.000000809. The van der Waals surface area contributed by atoms with E-state index in [0.717, 1.165) is 0 Å². The third-order valence-corrected chi connectivity index (χ3v) is 5.74. The molecule has 36 heavy (non-hydrogen) atoms. The summed E-state index contributed by atoms with van der Waals surface area (Å²) in [6, 6.07) is 11.1. The highest BCUT2D eigenvalue weighted by molar-refractivity contribution is 7.89. The van der Waals surface area contributed by atoms with Crippen molar-refractivity contribution in [2.24, 2.45) is 0 Å². The molecule has 0 saturated heterocycles. The lowest BCUT2D eigenvalue weighted by Gasteiger charge is -2.28. The number of carbonyl (C=O) groups is 3. The molecule has 0 radical (unpaired) electrons. The Hall–Kier alpha value is -3.39. The zero-order valence-electron chi connectivity index (χ0n) is 19.8. The molecule has 1 atom stereocenters. The van der Waals surface area contributed by atoms with Crippen LogP contribution < -0.4 is 5.32 Å². The highest BCUT2D eigenvalue weighted by Gasteiger charge is 2.38. The van der Waals surface area contributed by atoms with Gasteiger partial charge in [-0.2, -0.15) is 13.2 Å². The quantitative estimate of drug-likeness (QED) is 0.391. The number of benzene rings is 1. The average molecular weight is 538 g/mol. The standard InChI is InChI=1S/C20H26N2O6S.C2HF3O2/c1-22(2,3)12-16(11-19(23)24)21-20(25)18-10-9-17(28-18)14-29(26,27)13-15-7-5-4-6-8-15;3-2(4,5)1(6)7/h4-10,16H,11-14H2,1-3H3,(H-,21,23,24,25);(H,6,7)/p+1/t16-;/m1./s1. The van der Waals surface area contributed by atoms with E-state index in [1.165, 1.54) is 12.1 Å². The van der Waals surface area contributed by atoms with E-state index >= 15 is 0 Å². The molecule has 0 aliphatic heterocycles. The van der Waals surface area contributed by atoms with Gasteiger partial charge >= 0.3 is 18.1 Å². The van der Waals surface area contributed by atoms with Crippen molar-refractivity contribution in [1.29, 1.82) is 0 Å². The number of amides is 1. The zero-order chi connectivity index (χ0) is 27.7. The van der Waals surface area contributed by atoms with Gasteiger partial charge in [0.25, 0.3) is 5.91 Å². The molecule has 14 heteroatoms. The number of furan rings is 1. The van der Waals surface area contributed by atoms with Gasteiger partial charge in [0, 0.05) is 0 Å². The summed E-state index contributed by atoms with van der Waals surface area (Å²) in [6.45, 7) is 0.414. The number of quaternary nitrogens is 1. The molecule has 1 aromatic heterocycles. The number of sulfone groups is 1. The van der Waals surface area contributed by atoms with E-state index in [4.69, 9.17) is 19.4 Å². The van der Waals surface area contributed by atoms with Crippen LogP contribution in [0.15, 0.2) is 46.9 Å². The molecular weight excluding hydrogens is 509 g/mol. The van der Waals surface area contributed by atoms with Gasteiger partial charge in [0.05, 0.1) is 45.9 Å². The summed E-state index contributed by atoms with van der Waals surface area (Å²) in [6.07, 6.45) is -5.31. The molecule has 2 rings (SSSR count). The summed E-state index contributed by atoms with van der Waals surface area (Å²) >= 11 is 0. The van der Waals surface area contributed by atoms with Gasteiger partial charge in [-0.05, 0) is 17.7 Å². The Labute approximate surface area is 205 Å². The molecule has 0 unspecified atom stereocenters. The highest BCUT2D eigenvalue weighted by atomic mass is 32.2. The maximum atomic E-state index is 12.4. The Morgan fingerprint density at radius 1 is 1.00 bits per heavy atom. The SMILES string of the molecule is C[N+](C)(C)C[C@@H](CC(=O)O)NC(=O)c1ccc(CS(=O)(=O)Cc2ccccc2)o1.O=C(O)C(F)(F)F. The number of likely N-dealkylation sites (N-methyl/N-ethyl adjacent to an activating group) is 1. The number of aliphatic carboxylic acids is 2. The van der Waals surface area contributed by atoms with Gasteiger partial charge < -0.3 is 24.4 Å². The van der Waals surface area contributed by atoms with Crippen LogP contribution in [0, 0.1) is 0 Å². The molecule has 0 bridgehead atoms. The van der Waals surface area contributed by atoms with Gasteiger partial charge in [-0.1, -0.05) is 30.3 Å². The van der Waals surface area contributed by atoms with Crippen molar-refractivity contribution in [3.8, 4) is 0 Å². The van der Waals surface area contributed by atoms with E-state index in [9.17, 15) is 31.2 Å². The Kier molecular flexibility index (Phi) is 10.7. The second kappa shape index (κ2) is 12.5. The Morgan fingerprint density at radius 3 is 2.03 bits per heavy atom. The topological polar surface area (TPSA) is 151 Å². The van der Waals surface area contributed by atoms with Crippen LogP contribution in [0.5, 0.6) is 0 Å². The normalized spacial score (nSPS) is 12.7. The van der Waals surface area contributed by atoms with Crippen molar-refractivity contribution in [3.63, 3.8) is 0 Å². The first-order chi connectivity index (χ1) is 16.4. The van der Waals surface area contributed by atoms with Crippen molar-refractivity contribution in [2.45, 2.75) is 30.1 Å². The number of carboxylic acids is 2. The lowest BCUT2D eigenvalue weighted by Crippen LogP contribution is -2.49. The number of carboxylic acid groups (broad SMARTS) is 2. The Bertz CT molecular complexity index is 1140. The first-order valence-corrected chi connectivity index (χ1v) is 12.2. The van der Waals surface area contributed by atoms with Crippen molar-refractivity contribution < 1.29 is 55.1 Å². The summed E-state index contributed by atoms with van der Waals surface area (Å²) < 4.78 is 62.4. The number of halogens is 3. The minimum Gasteiger partial charge on any atom is -0.481 e. The molecule has 3 N–H and O–H groups in total. The second-order valence-corrected chi connectivity index (χ2v) is 10.9. The van der Waals surface area contributed by atoms with Crippen LogP contribution >= 0.6 is 0 Å². The van der Waals surface area contributed by atoms with E-state index in [2.05, 4.69) is 5.32 Å². The zero-order valence-corrected chi connectivity index (χ0v) is 20.6. The van der Waals surface area contributed by atoms with Gasteiger partial charge in [0.15, 0.2) is 15.6 Å². The third kappa shape index (κ3) is 12.4. The lowest BCUT2D eigenvalue weighted by molar-refractivity contribution is -0.871. The van der Waals surface area contributed by atoms with Crippen LogP contribution in [0.25, 0.3) is 0 Å². The molecule has 0 saturated carbocycles. The van der Waals surface area contributed by atoms with Crippen molar-refractivity contribution in [2.75, 3.05) is 27.7 Å². The van der Waals surface area contributed by atoms with Crippen LogP contribution in [0.4, 0.5) is 13.2 Å². The van der Waals surface area contributed by atoms with Crippen LogP contribution in [-0.4, -0.2) is 80.9 Å². The number of hydrogen-bond acceptors (Lipinski definition) is 6. The summed E-state index contributed by atoms with van der Waals surface area (Å²) in [4.78, 5) is 32.4. The number of carbonyl (C=O) groups excluding carboxylic acids is 1. The van der Waals surface area contributed by atoms with E-state index in [0.29, 0.717) is 16.6 Å². The van der Waals surface area contributed by atoms with Crippen LogP contribution in [0.2, 0.25) is 0 Å². The van der Waals surface area contributed by atoms with Gasteiger partial charge in [-0.25, -0.2) is 13.2 Å². The summed E-state index contributed by atoms with van der Waals surface area (Å²) in [5.74, 6) is -4.69. The fourth-order valence-corrected chi connectivity index (χ4v) is 4.35. The number of nitrogens with one attached hydrogen (secondary N) is 1. The molecule has 0 spiro atoms. The molecular formula is C22H28F3N2O8S+. The average Bonchev–Trinajstić information content (AvgIpc) is 3.14. The molecule has 1 heterocycles. The molecule has 1 amide bonds. The van der Waals surface area contributed by atoms with Gasteiger partial charge in [-0.15, -0.1) is 0 Å². The van der Waals surface area contributed by atoms with Crippen molar-refractivity contribution in [1.82, 2.24) is 5.32 Å². The summed E-state index contributed by atoms with van der Waals surface area (Å²) in [5.41, 5.74) is 0.675. The van der Waals surface area contributed by atoms with E-state index in [-0.39, 0.29) is 29.4 Å². The molecule has 0 aliphatic rings. The van der Waals surface area contributed by atoms with E-state index in [1.807, 2.05) is 27.2 Å². The van der Waals surface area contributed by atoms with E-state index < -0.39 is 39.9 Å². The highest BCUT2D eigenvalue weighted by Crippen LogP contribution is 2.16. The largest absolute Gasteiger partial charge is 0.490 e. The van der Waals surface area contributed by atoms with Crippen LogP contribution in [-0.2, 0) is 30.9 Å². The van der Waals surface area contributed by atoms with Gasteiger partial charge in [0.2, 0.25) is 0 Å². The Morgan fingerprint density at radius 2 is 1.56 bits per heavy atom. The lowest BCUT2D eigenvalue weighted by atomic mass is 10.2. The van der Waals surface area contributed by atoms with Gasteiger partial charge in [-0.3, -0.25) is 9.59 Å². The fourth-order valence-electron chi connectivity index (χ4n) is 2.96. The summed E-state index contributed by atoms with van der Waals surface area (Å²) in [7, 11) is 2.21. The maximum absolute atomic E-state index is 12.4. The minimum absolute atomic E-state index is 0.0493. The predicted octanol–water partition coefficient (Wildman–Crippen LogP) is 2.31. The van der Waals surface area contributed by atoms with Gasteiger partial charge in [0.1, 0.15) is 11.5 Å². The number of alkyl halides is 3. The van der Waals surface area contributed by atoms with Crippen LogP contribution in [0.3, 0.4) is 0 Å². The molecule has 1 aromatic carbocycles. The molecule has 0 aliphatic carbocycles. The van der Waals surface area contributed by atoms with Crippen molar-refractivity contribution >= 4 is 27.7 Å².